The Labute approximate surface area is 151 Å². The molecule has 0 radical (unpaired) electrons. The summed E-state index contributed by atoms with van der Waals surface area (Å²) in [4.78, 5) is 15.2. The van der Waals surface area contributed by atoms with Gasteiger partial charge in [0, 0.05) is 37.6 Å². The number of nitrogens with zero attached hydrogens (tertiary/aromatic N) is 1. The van der Waals surface area contributed by atoms with E-state index in [0.29, 0.717) is 23.9 Å². The molecule has 3 aliphatic rings. The van der Waals surface area contributed by atoms with Crippen LogP contribution in [-0.2, 0) is 11.3 Å². The van der Waals surface area contributed by atoms with Crippen LogP contribution in [0.15, 0.2) is 30.3 Å². The van der Waals surface area contributed by atoms with Gasteiger partial charge >= 0.3 is 0 Å². The van der Waals surface area contributed by atoms with Crippen LogP contribution in [-0.4, -0.2) is 36.0 Å². The first-order chi connectivity index (χ1) is 12.2. The highest BCUT2D eigenvalue weighted by Crippen LogP contribution is 2.41. The Kier molecular flexibility index (Phi) is 5.09. The molecule has 1 aliphatic heterocycles. The molecule has 1 heterocycles. The van der Waals surface area contributed by atoms with E-state index in [0.717, 1.165) is 38.9 Å². The number of fused-ring (bicyclic) bond motifs is 2. The number of carbonyl (C=O) groups is 1. The molecule has 0 spiro atoms. The van der Waals surface area contributed by atoms with Gasteiger partial charge in [0.2, 0.25) is 5.91 Å². The zero-order chi connectivity index (χ0) is 17.2. The van der Waals surface area contributed by atoms with Crippen molar-refractivity contribution < 1.29 is 4.79 Å². The molecule has 25 heavy (non-hydrogen) atoms. The van der Waals surface area contributed by atoms with E-state index in [-0.39, 0.29) is 11.8 Å². The minimum absolute atomic E-state index is 0.193. The lowest BCUT2D eigenvalue weighted by Crippen LogP contribution is -2.50. The largest absolute Gasteiger partial charge is 0.352 e. The van der Waals surface area contributed by atoms with Crippen molar-refractivity contribution in [2.24, 2.45) is 23.5 Å². The summed E-state index contributed by atoms with van der Waals surface area (Å²) in [6.07, 6.45) is 6.81. The quantitative estimate of drug-likeness (QED) is 0.885. The van der Waals surface area contributed by atoms with Gasteiger partial charge in [0.1, 0.15) is 0 Å². The summed E-state index contributed by atoms with van der Waals surface area (Å²) < 4.78 is 0. The monoisotopic (exact) mass is 341 g/mol. The maximum absolute atomic E-state index is 12.8. The fraction of sp³-hybridized carbons (Fsp3) is 0.667. The molecule has 0 aromatic heterocycles. The van der Waals surface area contributed by atoms with Crippen LogP contribution >= 0.6 is 0 Å². The minimum atomic E-state index is 0.193. The Morgan fingerprint density at radius 2 is 1.84 bits per heavy atom. The molecule has 2 aliphatic carbocycles. The Bertz CT molecular complexity index is 576. The lowest BCUT2D eigenvalue weighted by Gasteiger charge is -2.43. The number of amides is 1. The number of hydrogen-bond acceptors (Lipinski definition) is 3. The number of benzene rings is 1. The lowest BCUT2D eigenvalue weighted by atomic mass is 9.65. The predicted molar refractivity (Wildman–Crippen MR) is 99.8 cm³/mol. The number of nitrogens with one attached hydrogen (secondary N) is 1. The number of likely N-dealkylation sites (tertiary alicyclic amines) is 1. The van der Waals surface area contributed by atoms with Crippen molar-refractivity contribution in [3.63, 3.8) is 0 Å². The fourth-order valence-corrected chi connectivity index (χ4v) is 5.26. The van der Waals surface area contributed by atoms with Crippen molar-refractivity contribution in [2.75, 3.05) is 13.1 Å². The van der Waals surface area contributed by atoms with Crippen LogP contribution in [0.5, 0.6) is 0 Å². The van der Waals surface area contributed by atoms with Crippen molar-refractivity contribution in [3.05, 3.63) is 35.9 Å². The van der Waals surface area contributed by atoms with Crippen LogP contribution in [0.4, 0.5) is 0 Å². The van der Waals surface area contributed by atoms with Crippen LogP contribution in [0.1, 0.15) is 44.1 Å². The van der Waals surface area contributed by atoms with E-state index in [1.165, 1.54) is 24.8 Å². The van der Waals surface area contributed by atoms with E-state index >= 15 is 0 Å². The molecule has 1 aromatic carbocycles. The van der Waals surface area contributed by atoms with Crippen molar-refractivity contribution in [2.45, 2.75) is 57.2 Å². The van der Waals surface area contributed by atoms with E-state index in [1.54, 1.807) is 0 Å². The first-order valence-electron chi connectivity index (χ1n) is 10.0. The fourth-order valence-electron chi connectivity index (χ4n) is 5.26. The number of rotatable bonds is 4. The number of hydrogen-bond donors (Lipinski definition) is 2. The van der Waals surface area contributed by atoms with Gasteiger partial charge in [0.25, 0.3) is 0 Å². The van der Waals surface area contributed by atoms with E-state index in [2.05, 4.69) is 40.5 Å². The first kappa shape index (κ1) is 17.0. The number of nitrogens with two attached hydrogens (primary N) is 1. The Morgan fingerprint density at radius 1 is 1.12 bits per heavy atom. The van der Waals surface area contributed by atoms with Crippen LogP contribution in [0.3, 0.4) is 0 Å². The van der Waals surface area contributed by atoms with Gasteiger partial charge < -0.3 is 11.1 Å². The Morgan fingerprint density at radius 3 is 2.56 bits per heavy atom. The second-order valence-corrected chi connectivity index (χ2v) is 8.41. The summed E-state index contributed by atoms with van der Waals surface area (Å²) >= 11 is 0. The van der Waals surface area contributed by atoms with Gasteiger partial charge in [-0.3, -0.25) is 9.69 Å². The Balaban J connectivity index is 1.27. The molecule has 2 saturated carbocycles. The van der Waals surface area contributed by atoms with Crippen molar-refractivity contribution in [1.29, 1.82) is 0 Å². The summed E-state index contributed by atoms with van der Waals surface area (Å²) in [5.41, 5.74) is 7.71. The molecule has 1 aromatic rings. The highest BCUT2D eigenvalue weighted by Gasteiger charge is 2.41. The van der Waals surface area contributed by atoms with Gasteiger partial charge in [0.05, 0.1) is 0 Å². The van der Waals surface area contributed by atoms with Gasteiger partial charge in [-0.15, -0.1) is 0 Å². The third kappa shape index (κ3) is 3.90. The molecular weight excluding hydrogens is 310 g/mol. The van der Waals surface area contributed by atoms with Gasteiger partial charge in [-0.1, -0.05) is 36.8 Å². The zero-order valence-corrected chi connectivity index (χ0v) is 15.1. The summed E-state index contributed by atoms with van der Waals surface area (Å²) in [6, 6.07) is 11.2. The van der Waals surface area contributed by atoms with Crippen LogP contribution in [0.25, 0.3) is 0 Å². The second kappa shape index (κ2) is 7.46. The molecule has 3 N–H and O–H groups in total. The molecule has 3 atom stereocenters. The highest BCUT2D eigenvalue weighted by molar-refractivity contribution is 5.79. The average molecular weight is 341 g/mol. The van der Waals surface area contributed by atoms with E-state index in [9.17, 15) is 4.79 Å². The van der Waals surface area contributed by atoms with Crippen LogP contribution in [0.2, 0.25) is 0 Å². The smallest absolute Gasteiger partial charge is 0.223 e. The summed E-state index contributed by atoms with van der Waals surface area (Å²) in [7, 11) is 0. The third-order valence-electron chi connectivity index (χ3n) is 6.65. The minimum Gasteiger partial charge on any atom is -0.352 e. The molecular formula is C21H31N3O. The molecule has 3 unspecified atom stereocenters. The molecule has 4 rings (SSSR count). The maximum atomic E-state index is 12.8. The average Bonchev–Trinajstić information content (AvgIpc) is 3.02. The maximum Gasteiger partial charge on any atom is 0.223 e. The highest BCUT2D eigenvalue weighted by atomic mass is 16.2. The topological polar surface area (TPSA) is 58.4 Å². The molecule has 4 nitrogen and oxygen atoms in total. The Hall–Kier alpha value is -1.39. The van der Waals surface area contributed by atoms with Gasteiger partial charge in [0.15, 0.2) is 0 Å². The lowest BCUT2D eigenvalue weighted by molar-refractivity contribution is -0.128. The summed E-state index contributed by atoms with van der Waals surface area (Å²) in [5, 5.41) is 3.35. The van der Waals surface area contributed by atoms with Gasteiger partial charge in [-0.05, 0) is 49.5 Å². The molecule has 2 bridgehead atoms. The van der Waals surface area contributed by atoms with Crippen LogP contribution < -0.4 is 11.1 Å². The molecule has 136 valence electrons. The molecule has 4 heteroatoms. The predicted octanol–water partition coefficient (Wildman–Crippen LogP) is 2.53. The SMILES string of the molecule is NC1C2CCCC1CC(C(=O)NC1CCN(Cc3ccccc3)C1)C2. The zero-order valence-electron chi connectivity index (χ0n) is 15.1. The van der Waals surface area contributed by atoms with Gasteiger partial charge in [-0.25, -0.2) is 0 Å². The summed E-state index contributed by atoms with van der Waals surface area (Å²) in [6.45, 7) is 3.02. The van der Waals surface area contributed by atoms with Crippen molar-refractivity contribution >= 4 is 5.91 Å². The third-order valence-corrected chi connectivity index (χ3v) is 6.65. The summed E-state index contributed by atoms with van der Waals surface area (Å²) in [5.74, 6) is 1.62. The van der Waals surface area contributed by atoms with Crippen LogP contribution in [0, 0.1) is 17.8 Å². The standard InChI is InChI=1S/C21H31N3O/c22-20-16-7-4-8-17(20)12-18(11-16)21(25)23-19-9-10-24(14-19)13-15-5-2-1-3-6-15/h1-3,5-6,16-20H,4,7-14,22H2,(H,23,25). The molecule has 3 fully saturated rings. The molecule has 1 saturated heterocycles. The number of carbonyl (C=O) groups excluding carboxylic acids is 1. The van der Waals surface area contributed by atoms with E-state index in [4.69, 9.17) is 5.73 Å². The van der Waals surface area contributed by atoms with Gasteiger partial charge in [-0.2, -0.15) is 0 Å². The van der Waals surface area contributed by atoms with E-state index in [1.807, 2.05) is 0 Å². The van der Waals surface area contributed by atoms with Crippen molar-refractivity contribution in [3.8, 4) is 0 Å². The second-order valence-electron chi connectivity index (χ2n) is 8.41. The van der Waals surface area contributed by atoms with Crippen molar-refractivity contribution in [1.82, 2.24) is 10.2 Å². The van der Waals surface area contributed by atoms with E-state index < -0.39 is 0 Å². The normalized spacial score (nSPS) is 35.5. The molecule has 1 amide bonds. The first-order valence-corrected chi connectivity index (χ1v) is 10.0.